The largest absolute Gasteiger partial charge is 0.329 e. The van der Waals surface area contributed by atoms with Gasteiger partial charge >= 0.3 is 7.60 Å². The number of rotatable bonds is 6. The van der Waals surface area contributed by atoms with Gasteiger partial charge in [0.1, 0.15) is 0 Å². The van der Waals surface area contributed by atoms with E-state index in [9.17, 15) is 4.57 Å². The number of unbranched alkanes of at least 4 members (excludes halogenated alkanes) is 1. The third-order valence-electron chi connectivity index (χ3n) is 1.49. The molecule has 14 heavy (non-hydrogen) atoms. The molecule has 0 saturated carbocycles. The molecule has 0 aliphatic carbocycles. The smallest absolute Gasteiger partial charge is 0.309 e. The van der Waals surface area contributed by atoms with Crippen LogP contribution in [0.15, 0.2) is 0 Å². The highest BCUT2D eigenvalue weighted by atomic mass is 31.2. The van der Waals surface area contributed by atoms with Crippen molar-refractivity contribution in [1.29, 1.82) is 5.26 Å². The van der Waals surface area contributed by atoms with Crippen LogP contribution >= 0.6 is 7.60 Å². The van der Waals surface area contributed by atoms with Crippen molar-refractivity contribution in [3.8, 4) is 6.07 Å². The fraction of sp³-hybridized carbons (Fsp3) is 0.889. The van der Waals surface area contributed by atoms with E-state index in [0.717, 1.165) is 12.8 Å². The van der Waals surface area contributed by atoms with Gasteiger partial charge in [0.2, 0.25) is 0 Å². The average molecular weight is 219 g/mol. The van der Waals surface area contributed by atoms with Crippen LogP contribution in [-0.4, -0.2) is 18.9 Å². The first-order valence-corrected chi connectivity index (χ1v) is 6.66. The standard InChI is InChI=1S/C9H18NO3P/c1-5-6-7-12-14(4,11)13-9(2,3)8-10/h5-7H2,1-4H3. The molecule has 0 rings (SSSR count). The average Bonchev–Trinajstić information content (AvgIpc) is 2.03. The first kappa shape index (κ1) is 13.6. The van der Waals surface area contributed by atoms with Crippen molar-refractivity contribution in [2.75, 3.05) is 13.3 Å². The van der Waals surface area contributed by atoms with Crippen molar-refractivity contribution < 1.29 is 13.6 Å². The normalized spacial score (nSPS) is 15.9. The molecular formula is C9H18NO3P. The molecule has 0 amide bonds. The van der Waals surface area contributed by atoms with E-state index in [4.69, 9.17) is 14.3 Å². The Hall–Kier alpha value is -0.360. The minimum atomic E-state index is -3.08. The van der Waals surface area contributed by atoms with Crippen LogP contribution in [0.25, 0.3) is 0 Å². The highest BCUT2D eigenvalue weighted by Gasteiger charge is 2.28. The highest BCUT2D eigenvalue weighted by molar-refractivity contribution is 7.53. The van der Waals surface area contributed by atoms with Gasteiger partial charge in [0.05, 0.1) is 12.7 Å². The molecule has 4 nitrogen and oxygen atoms in total. The first-order valence-electron chi connectivity index (χ1n) is 4.67. The maximum absolute atomic E-state index is 11.7. The lowest BCUT2D eigenvalue weighted by Crippen LogP contribution is -2.20. The van der Waals surface area contributed by atoms with Crippen molar-refractivity contribution in [3.05, 3.63) is 0 Å². The number of hydrogen-bond acceptors (Lipinski definition) is 4. The Balaban J connectivity index is 4.09. The Morgan fingerprint density at radius 2 is 2.07 bits per heavy atom. The van der Waals surface area contributed by atoms with E-state index in [1.807, 2.05) is 13.0 Å². The molecule has 0 heterocycles. The lowest BCUT2D eigenvalue weighted by atomic mass is 10.2. The van der Waals surface area contributed by atoms with Gasteiger partial charge in [0.15, 0.2) is 5.60 Å². The van der Waals surface area contributed by atoms with Crippen LogP contribution in [0.2, 0.25) is 0 Å². The van der Waals surface area contributed by atoms with Crippen LogP contribution < -0.4 is 0 Å². The lowest BCUT2D eigenvalue weighted by molar-refractivity contribution is 0.125. The van der Waals surface area contributed by atoms with Gasteiger partial charge in [-0.15, -0.1) is 0 Å². The molecule has 1 atom stereocenters. The summed E-state index contributed by atoms with van der Waals surface area (Å²) in [6, 6.07) is 1.91. The first-order chi connectivity index (χ1) is 6.33. The van der Waals surface area contributed by atoms with E-state index < -0.39 is 13.2 Å². The summed E-state index contributed by atoms with van der Waals surface area (Å²) in [7, 11) is -3.08. The number of hydrogen-bond donors (Lipinski definition) is 0. The summed E-state index contributed by atoms with van der Waals surface area (Å²) < 4.78 is 21.9. The van der Waals surface area contributed by atoms with Gasteiger partial charge in [-0.2, -0.15) is 5.26 Å². The quantitative estimate of drug-likeness (QED) is 0.509. The van der Waals surface area contributed by atoms with E-state index in [2.05, 4.69) is 0 Å². The summed E-state index contributed by atoms with van der Waals surface area (Å²) >= 11 is 0. The minimum absolute atomic E-state index is 0.409. The third kappa shape index (κ3) is 6.15. The van der Waals surface area contributed by atoms with Crippen molar-refractivity contribution in [1.82, 2.24) is 0 Å². The zero-order valence-electron chi connectivity index (χ0n) is 9.24. The number of nitrogens with zero attached hydrogens (tertiary/aromatic N) is 1. The van der Waals surface area contributed by atoms with Crippen LogP contribution in [0.5, 0.6) is 0 Å². The van der Waals surface area contributed by atoms with Gasteiger partial charge in [0, 0.05) is 6.66 Å². The van der Waals surface area contributed by atoms with E-state index in [1.165, 1.54) is 6.66 Å². The SMILES string of the molecule is CCCCOP(C)(=O)OC(C)(C)C#N. The van der Waals surface area contributed by atoms with Crippen LogP contribution in [0.3, 0.4) is 0 Å². The molecule has 0 bridgehead atoms. The van der Waals surface area contributed by atoms with Crippen molar-refractivity contribution in [3.63, 3.8) is 0 Å². The molecule has 0 spiro atoms. The van der Waals surface area contributed by atoms with E-state index >= 15 is 0 Å². The Morgan fingerprint density at radius 1 is 1.50 bits per heavy atom. The molecule has 0 aliphatic heterocycles. The van der Waals surface area contributed by atoms with E-state index in [0.29, 0.717) is 6.61 Å². The van der Waals surface area contributed by atoms with Gasteiger partial charge in [-0.05, 0) is 20.3 Å². The Labute approximate surface area is 85.7 Å². The highest BCUT2D eigenvalue weighted by Crippen LogP contribution is 2.47. The van der Waals surface area contributed by atoms with E-state index in [-0.39, 0.29) is 0 Å². The fourth-order valence-electron chi connectivity index (χ4n) is 0.836. The van der Waals surface area contributed by atoms with E-state index in [1.54, 1.807) is 13.8 Å². The van der Waals surface area contributed by atoms with Crippen LogP contribution in [0.4, 0.5) is 0 Å². The second-order valence-electron chi connectivity index (χ2n) is 3.67. The van der Waals surface area contributed by atoms with Gasteiger partial charge < -0.3 is 4.52 Å². The Kier molecular flexibility index (Phi) is 5.36. The summed E-state index contributed by atoms with van der Waals surface area (Å²) in [4.78, 5) is 0. The zero-order valence-corrected chi connectivity index (χ0v) is 10.1. The molecule has 82 valence electrons. The maximum atomic E-state index is 11.7. The van der Waals surface area contributed by atoms with Gasteiger partial charge in [-0.25, -0.2) is 0 Å². The maximum Gasteiger partial charge on any atom is 0.329 e. The second-order valence-corrected chi connectivity index (χ2v) is 5.65. The Morgan fingerprint density at radius 3 is 2.50 bits per heavy atom. The minimum Gasteiger partial charge on any atom is -0.309 e. The summed E-state index contributed by atoms with van der Waals surface area (Å²) in [6.45, 7) is 6.94. The molecule has 0 N–H and O–H groups in total. The summed E-state index contributed by atoms with van der Waals surface area (Å²) in [5.74, 6) is 0. The lowest BCUT2D eigenvalue weighted by Gasteiger charge is -2.22. The zero-order chi connectivity index (χ0) is 11.2. The molecular weight excluding hydrogens is 201 g/mol. The molecule has 0 aromatic carbocycles. The van der Waals surface area contributed by atoms with Crippen LogP contribution in [0.1, 0.15) is 33.6 Å². The summed E-state index contributed by atoms with van der Waals surface area (Å²) in [6.07, 6.45) is 1.82. The van der Waals surface area contributed by atoms with Crippen molar-refractivity contribution in [2.45, 2.75) is 39.2 Å². The molecule has 0 aliphatic rings. The number of nitriles is 1. The molecule has 1 unspecified atom stereocenters. The van der Waals surface area contributed by atoms with Gasteiger partial charge in [-0.3, -0.25) is 9.09 Å². The molecule has 0 fully saturated rings. The second kappa shape index (κ2) is 5.50. The third-order valence-corrected chi connectivity index (χ3v) is 2.93. The summed E-state index contributed by atoms with van der Waals surface area (Å²) in [5, 5.41) is 8.68. The fourth-order valence-corrected chi connectivity index (χ4v) is 2.22. The van der Waals surface area contributed by atoms with Crippen LogP contribution in [-0.2, 0) is 13.6 Å². The molecule has 0 radical (unpaired) electrons. The topological polar surface area (TPSA) is 59.3 Å². The Bertz CT molecular complexity index is 257. The monoisotopic (exact) mass is 219 g/mol. The molecule has 0 aromatic heterocycles. The van der Waals surface area contributed by atoms with Gasteiger partial charge in [-0.1, -0.05) is 13.3 Å². The van der Waals surface area contributed by atoms with Gasteiger partial charge in [0.25, 0.3) is 0 Å². The predicted molar refractivity (Wildman–Crippen MR) is 55.2 cm³/mol. The molecule has 0 aromatic rings. The molecule has 0 saturated heterocycles. The van der Waals surface area contributed by atoms with Crippen LogP contribution in [0, 0.1) is 11.3 Å². The van der Waals surface area contributed by atoms with Crippen molar-refractivity contribution in [2.24, 2.45) is 0 Å². The van der Waals surface area contributed by atoms with Crippen molar-refractivity contribution >= 4 is 7.60 Å². The molecule has 5 heteroatoms. The summed E-state index contributed by atoms with van der Waals surface area (Å²) in [5.41, 5.74) is -1.06. The predicted octanol–water partition coefficient (Wildman–Crippen LogP) is 2.94.